The quantitative estimate of drug-likeness (QED) is 0.297. The van der Waals surface area contributed by atoms with Crippen molar-refractivity contribution in [2.75, 3.05) is 11.9 Å². The van der Waals surface area contributed by atoms with E-state index in [1.807, 2.05) is 62.4 Å². The Morgan fingerprint density at radius 2 is 1.78 bits per heavy atom. The lowest BCUT2D eigenvalue weighted by atomic mass is 10.1. The van der Waals surface area contributed by atoms with Gasteiger partial charge in [-0.25, -0.2) is 0 Å². The Balaban J connectivity index is 1.77. The number of ether oxygens (including phenoxy) is 2. The minimum absolute atomic E-state index is 0.0304. The number of carbonyl (C=O) groups is 1. The maximum atomic E-state index is 12.7. The SMILES string of the molecule is CCOc1ccc(NC(=O)/C(C#N)=C\c2cc(Br)ccc2OCc2ccc(C)cc2)cc1. The molecule has 5 nitrogen and oxygen atoms in total. The van der Waals surface area contributed by atoms with Crippen molar-refractivity contribution in [3.8, 4) is 17.6 Å². The number of nitriles is 1. The van der Waals surface area contributed by atoms with Gasteiger partial charge in [-0.3, -0.25) is 4.79 Å². The van der Waals surface area contributed by atoms with Crippen molar-refractivity contribution in [3.05, 3.63) is 93.5 Å². The van der Waals surface area contributed by atoms with Crippen LogP contribution in [-0.4, -0.2) is 12.5 Å². The summed E-state index contributed by atoms with van der Waals surface area (Å²) in [7, 11) is 0. The number of nitrogens with one attached hydrogen (secondary N) is 1. The van der Waals surface area contributed by atoms with E-state index in [4.69, 9.17) is 9.47 Å². The fraction of sp³-hybridized carbons (Fsp3) is 0.154. The van der Waals surface area contributed by atoms with Crippen LogP contribution in [0.15, 0.2) is 76.8 Å². The number of rotatable bonds is 8. The summed E-state index contributed by atoms with van der Waals surface area (Å²) in [5.41, 5.74) is 3.38. The van der Waals surface area contributed by atoms with E-state index in [0.29, 0.717) is 36.0 Å². The summed E-state index contributed by atoms with van der Waals surface area (Å²) in [5, 5.41) is 12.3. The molecule has 3 aromatic rings. The van der Waals surface area contributed by atoms with Crippen LogP contribution in [0, 0.1) is 18.3 Å². The van der Waals surface area contributed by atoms with Crippen molar-refractivity contribution < 1.29 is 14.3 Å². The fourth-order valence-electron chi connectivity index (χ4n) is 2.91. The third-order valence-corrected chi connectivity index (χ3v) is 5.07. The number of anilines is 1. The molecule has 0 aliphatic heterocycles. The number of amides is 1. The van der Waals surface area contributed by atoms with Crippen molar-refractivity contribution in [2.45, 2.75) is 20.5 Å². The average molecular weight is 491 g/mol. The number of aryl methyl sites for hydroxylation is 1. The molecule has 32 heavy (non-hydrogen) atoms. The first-order chi connectivity index (χ1) is 15.5. The second kappa shape index (κ2) is 11.2. The third-order valence-electron chi connectivity index (χ3n) is 4.57. The van der Waals surface area contributed by atoms with Gasteiger partial charge in [0.05, 0.1) is 6.61 Å². The molecule has 0 aromatic heterocycles. The number of hydrogen-bond donors (Lipinski definition) is 1. The molecule has 6 heteroatoms. The van der Waals surface area contributed by atoms with Crippen LogP contribution in [0.25, 0.3) is 6.08 Å². The highest BCUT2D eigenvalue weighted by Gasteiger charge is 2.12. The van der Waals surface area contributed by atoms with Gasteiger partial charge in [0.2, 0.25) is 0 Å². The summed E-state index contributed by atoms with van der Waals surface area (Å²) < 4.78 is 12.2. The number of halogens is 1. The Kier molecular flexibility index (Phi) is 8.07. The number of carbonyl (C=O) groups excluding carboxylic acids is 1. The highest BCUT2D eigenvalue weighted by molar-refractivity contribution is 9.10. The number of nitrogens with zero attached hydrogens (tertiary/aromatic N) is 1. The van der Waals surface area contributed by atoms with Crippen LogP contribution in [-0.2, 0) is 11.4 Å². The van der Waals surface area contributed by atoms with E-state index >= 15 is 0 Å². The molecule has 0 radical (unpaired) electrons. The van der Waals surface area contributed by atoms with Gasteiger partial charge in [0.25, 0.3) is 5.91 Å². The zero-order chi connectivity index (χ0) is 22.9. The van der Waals surface area contributed by atoms with Crippen molar-refractivity contribution >= 4 is 33.6 Å². The summed E-state index contributed by atoms with van der Waals surface area (Å²) >= 11 is 3.44. The molecule has 0 saturated carbocycles. The summed E-state index contributed by atoms with van der Waals surface area (Å²) in [4.78, 5) is 12.7. The largest absolute Gasteiger partial charge is 0.494 e. The topological polar surface area (TPSA) is 71.3 Å². The predicted molar refractivity (Wildman–Crippen MR) is 129 cm³/mol. The zero-order valence-electron chi connectivity index (χ0n) is 17.9. The van der Waals surface area contributed by atoms with Crippen molar-refractivity contribution in [1.29, 1.82) is 5.26 Å². The molecule has 3 aromatic carbocycles. The maximum Gasteiger partial charge on any atom is 0.266 e. The van der Waals surface area contributed by atoms with E-state index in [-0.39, 0.29) is 5.57 Å². The van der Waals surface area contributed by atoms with E-state index in [9.17, 15) is 10.1 Å². The van der Waals surface area contributed by atoms with Crippen LogP contribution in [0.1, 0.15) is 23.6 Å². The minimum Gasteiger partial charge on any atom is -0.494 e. The van der Waals surface area contributed by atoms with Crippen LogP contribution >= 0.6 is 15.9 Å². The molecule has 0 aliphatic carbocycles. The first-order valence-electron chi connectivity index (χ1n) is 10.1. The molecule has 3 rings (SSSR count). The molecule has 0 unspecified atom stereocenters. The van der Waals surface area contributed by atoms with Crippen LogP contribution < -0.4 is 14.8 Å². The van der Waals surface area contributed by atoms with E-state index < -0.39 is 5.91 Å². The van der Waals surface area contributed by atoms with Gasteiger partial charge in [0.1, 0.15) is 29.7 Å². The summed E-state index contributed by atoms with van der Waals surface area (Å²) in [5.74, 6) is 0.794. The lowest BCUT2D eigenvalue weighted by Gasteiger charge is -2.11. The third kappa shape index (κ3) is 6.47. The first kappa shape index (κ1) is 23.1. The van der Waals surface area contributed by atoms with Gasteiger partial charge in [0.15, 0.2) is 0 Å². The Hall–Kier alpha value is -3.56. The fourth-order valence-corrected chi connectivity index (χ4v) is 3.29. The Labute approximate surface area is 196 Å². The molecule has 162 valence electrons. The molecule has 0 bridgehead atoms. The first-order valence-corrected chi connectivity index (χ1v) is 10.9. The molecule has 0 atom stereocenters. The summed E-state index contributed by atoms with van der Waals surface area (Å²) in [6, 6.07) is 22.5. The van der Waals surface area contributed by atoms with Gasteiger partial charge in [-0.1, -0.05) is 45.8 Å². The highest BCUT2D eigenvalue weighted by Crippen LogP contribution is 2.27. The van der Waals surface area contributed by atoms with E-state index in [0.717, 1.165) is 10.0 Å². The molecule has 0 saturated heterocycles. The summed E-state index contributed by atoms with van der Waals surface area (Å²) in [6.45, 7) is 4.88. The second-order valence-corrected chi connectivity index (χ2v) is 7.95. The van der Waals surface area contributed by atoms with Crippen molar-refractivity contribution in [1.82, 2.24) is 0 Å². The van der Waals surface area contributed by atoms with Crippen molar-refractivity contribution in [3.63, 3.8) is 0 Å². The standard InChI is InChI=1S/C26H23BrN2O3/c1-3-31-24-11-9-23(10-12-24)29-26(30)21(16-28)14-20-15-22(27)8-13-25(20)32-17-19-6-4-18(2)5-7-19/h4-15H,3,17H2,1-2H3,(H,29,30)/b21-14-. The number of benzene rings is 3. The molecule has 0 heterocycles. The lowest BCUT2D eigenvalue weighted by Crippen LogP contribution is -2.13. The lowest BCUT2D eigenvalue weighted by molar-refractivity contribution is -0.112. The smallest absolute Gasteiger partial charge is 0.266 e. The van der Waals surface area contributed by atoms with Crippen LogP contribution in [0.4, 0.5) is 5.69 Å². The highest BCUT2D eigenvalue weighted by atomic mass is 79.9. The molecular formula is C26H23BrN2O3. The molecule has 1 amide bonds. The van der Waals surface area contributed by atoms with Gasteiger partial charge >= 0.3 is 0 Å². The van der Waals surface area contributed by atoms with E-state index in [2.05, 4.69) is 21.2 Å². The predicted octanol–water partition coefficient (Wildman–Crippen LogP) is 6.28. The molecule has 0 spiro atoms. The van der Waals surface area contributed by atoms with Crippen LogP contribution in [0.5, 0.6) is 11.5 Å². The average Bonchev–Trinajstić information content (AvgIpc) is 2.79. The second-order valence-electron chi connectivity index (χ2n) is 7.04. The van der Waals surface area contributed by atoms with Gasteiger partial charge in [0, 0.05) is 15.7 Å². The molecular weight excluding hydrogens is 468 g/mol. The van der Waals surface area contributed by atoms with E-state index in [1.165, 1.54) is 11.6 Å². The number of hydrogen-bond acceptors (Lipinski definition) is 4. The Bertz CT molecular complexity index is 1150. The molecule has 1 N–H and O–H groups in total. The monoisotopic (exact) mass is 490 g/mol. The molecule has 0 aliphatic rings. The maximum absolute atomic E-state index is 12.7. The van der Waals surface area contributed by atoms with Gasteiger partial charge in [-0.2, -0.15) is 5.26 Å². The Morgan fingerprint density at radius 3 is 2.44 bits per heavy atom. The zero-order valence-corrected chi connectivity index (χ0v) is 19.5. The van der Waals surface area contributed by atoms with Crippen molar-refractivity contribution in [2.24, 2.45) is 0 Å². The minimum atomic E-state index is -0.499. The van der Waals surface area contributed by atoms with Crippen LogP contribution in [0.3, 0.4) is 0 Å². The molecule has 0 fully saturated rings. The van der Waals surface area contributed by atoms with Gasteiger partial charge in [-0.05, 0) is 68.0 Å². The normalized spacial score (nSPS) is 10.9. The Morgan fingerprint density at radius 1 is 1.06 bits per heavy atom. The summed E-state index contributed by atoms with van der Waals surface area (Å²) in [6.07, 6.45) is 1.53. The van der Waals surface area contributed by atoms with Gasteiger partial charge < -0.3 is 14.8 Å². The van der Waals surface area contributed by atoms with E-state index in [1.54, 1.807) is 24.3 Å². The van der Waals surface area contributed by atoms with Gasteiger partial charge in [-0.15, -0.1) is 0 Å². The van der Waals surface area contributed by atoms with Crippen LogP contribution in [0.2, 0.25) is 0 Å².